The minimum absolute atomic E-state index is 0.0139. The van der Waals surface area contributed by atoms with E-state index in [-0.39, 0.29) is 11.9 Å². The quantitative estimate of drug-likeness (QED) is 0.903. The monoisotopic (exact) mass is 277 g/mol. The summed E-state index contributed by atoms with van der Waals surface area (Å²) in [4.78, 5) is 16.1. The molecular weight excluding hydrogens is 262 g/mol. The van der Waals surface area contributed by atoms with Gasteiger partial charge in [-0.25, -0.2) is 0 Å². The van der Waals surface area contributed by atoms with Gasteiger partial charge in [0.15, 0.2) is 0 Å². The first kappa shape index (κ1) is 13.8. The lowest BCUT2D eigenvalue weighted by molar-refractivity contribution is -0.116. The van der Waals surface area contributed by atoms with Crippen molar-refractivity contribution in [2.45, 2.75) is 25.8 Å². The van der Waals surface area contributed by atoms with Crippen molar-refractivity contribution in [2.24, 2.45) is 5.73 Å². The number of benzene rings is 1. The first-order valence-corrected chi connectivity index (χ1v) is 6.54. The van der Waals surface area contributed by atoms with Crippen molar-refractivity contribution in [2.75, 3.05) is 5.32 Å². The zero-order valence-corrected chi connectivity index (χ0v) is 11.4. The molecule has 1 atom stereocenters. The molecule has 3 N–H and O–H groups in total. The van der Waals surface area contributed by atoms with E-state index in [1.807, 2.05) is 25.1 Å². The molecule has 1 aromatic carbocycles. The largest absolute Gasteiger partial charge is 0.328 e. The van der Waals surface area contributed by atoms with Crippen molar-refractivity contribution >= 4 is 34.1 Å². The second-order valence-electron chi connectivity index (χ2n) is 4.59. The number of carbonyl (C=O) groups is 1. The summed E-state index contributed by atoms with van der Waals surface area (Å²) < 4.78 is 0. The number of fused-ring (bicyclic) bond motifs is 1. The second-order valence-corrected chi connectivity index (χ2v) is 5.03. The number of hydrogen-bond donors (Lipinski definition) is 2. The lowest BCUT2D eigenvalue weighted by Gasteiger charge is -2.09. The zero-order chi connectivity index (χ0) is 13.8. The number of halogens is 1. The Kier molecular flexibility index (Phi) is 4.35. The lowest BCUT2D eigenvalue weighted by atomic mass is 10.1. The number of nitrogens with two attached hydrogens (primary N) is 1. The summed E-state index contributed by atoms with van der Waals surface area (Å²) in [6.07, 6.45) is 2.73. The van der Waals surface area contributed by atoms with Crippen LogP contribution in [-0.4, -0.2) is 16.9 Å². The van der Waals surface area contributed by atoms with E-state index >= 15 is 0 Å². The number of carbonyl (C=O) groups excluding carboxylic acids is 1. The van der Waals surface area contributed by atoms with Gasteiger partial charge in [0.25, 0.3) is 0 Å². The Bertz CT molecular complexity index is 598. The van der Waals surface area contributed by atoms with Gasteiger partial charge in [0, 0.05) is 29.1 Å². The summed E-state index contributed by atoms with van der Waals surface area (Å²) in [5.41, 5.74) is 7.01. The predicted molar refractivity (Wildman–Crippen MR) is 78.3 cm³/mol. The van der Waals surface area contributed by atoms with E-state index in [4.69, 9.17) is 17.3 Å². The molecule has 0 fully saturated rings. The smallest absolute Gasteiger partial charge is 0.224 e. The third kappa shape index (κ3) is 3.66. The van der Waals surface area contributed by atoms with Crippen LogP contribution in [-0.2, 0) is 4.79 Å². The number of nitrogens with zero attached hydrogens (tertiary/aromatic N) is 1. The summed E-state index contributed by atoms with van der Waals surface area (Å²) in [5, 5.41) is 4.31. The third-order valence-electron chi connectivity index (χ3n) is 2.77. The van der Waals surface area contributed by atoms with E-state index in [1.165, 1.54) is 0 Å². The molecule has 2 aromatic rings. The van der Waals surface area contributed by atoms with Crippen LogP contribution < -0.4 is 11.1 Å². The minimum atomic E-state index is -0.0773. The Morgan fingerprint density at radius 2 is 2.32 bits per heavy atom. The molecule has 0 spiro atoms. The van der Waals surface area contributed by atoms with E-state index < -0.39 is 0 Å². The molecule has 1 amide bonds. The molecule has 0 radical (unpaired) electrons. The summed E-state index contributed by atoms with van der Waals surface area (Å²) in [6, 6.07) is 7.29. The highest BCUT2D eigenvalue weighted by Gasteiger charge is 2.09. The van der Waals surface area contributed by atoms with Crippen LogP contribution in [0.15, 0.2) is 30.5 Å². The molecule has 5 heteroatoms. The van der Waals surface area contributed by atoms with E-state index in [2.05, 4.69) is 10.3 Å². The van der Waals surface area contributed by atoms with E-state index in [0.29, 0.717) is 23.6 Å². The molecule has 2 rings (SSSR count). The van der Waals surface area contributed by atoms with Gasteiger partial charge in [-0.05, 0) is 31.5 Å². The van der Waals surface area contributed by atoms with Crippen LogP contribution in [0.25, 0.3) is 10.9 Å². The molecule has 100 valence electrons. The van der Waals surface area contributed by atoms with Gasteiger partial charge in [-0.15, -0.1) is 0 Å². The van der Waals surface area contributed by atoms with Crippen molar-refractivity contribution < 1.29 is 4.79 Å². The van der Waals surface area contributed by atoms with Crippen LogP contribution in [0.3, 0.4) is 0 Å². The molecule has 1 aromatic heterocycles. The average Bonchev–Trinajstić information content (AvgIpc) is 2.36. The van der Waals surface area contributed by atoms with Crippen LogP contribution in [0.4, 0.5) is 5.69 Å². The van der Waals surface area contributed by atoms with Crippen molar-refractivity contribution in [1.82, 2.24) is 4.98 Å². The normalized spacial score (nSPS) is 12.4. The highest BCUT2D eigenvalue weighted by Crippen LogP contribution is 2.26. The topological polar surface area (TPSA) is 68.0 Å². The first-order valence-electron chi connectivity index (χ1n) is 6.16. The Balaban J connectivity index is 2.22. The molecule has 1 unspecified atom stereocenters. The van der Waals surface area contributed by atoms with Crippen molar-refractivity contribution in [3.05, 3.63) is 35.5 Å². The Hall–Kier alpha value is -1.65. The van der Waals surface area contributed by atoms with Crippen LogP contribution in [0.1, 0.15) is 19.8 Å². The molecule has 0 bridgehead atoms. The highest BCUT2D eigenvalue weighted by molar-refractivity contribution is 6.32. The van der Waals surface area contributed by atoms with Crippen LogP contribution >= 0.6 is 11.6 Å². The maximum absolute atomic E-state index is 11.8. The van der Waals surface area contributed by atoms with Crippen LogP contribution in [0.5, 0.6) is 0 Å². The van der Waals surface area contributed by atoms with Crippen LogP contribution in [0, 0.1) is 0 Å². The molecular formula is C14H16ClN3O. The van der Waals surface area contributed by atoms with Gasteiger partial charge in [-0.3, -0.25) is 9.78 Å². The van der Waals surface area contributed by atoms with Crippen LogP contribution in [0.2, 0.25) is 5.02 Å². The Labute approximate surface area is 117 Å². The number of aromatic nitrogens is 1. The standard InChI is InChI=1S/C14H16ClN3O/c1-9(16)4-5-13(19)18-12-8-11(15)7-10-3-2-6-17-14(10)12/h2-3,6-9H,4-5,16H2,1H3,(H,18,19). The van der Waals surface area contributed by atoms with Crippen molar-refractivity contribution in [3.8, 4) is 0 Å². The van der Waals surface area contributed by atoms with Crippen molar-refractivity contribution in [1.29, 1.82) is 0 Å². The fourth-order valence-electron chi connectivity index (χ4n) is 1.82. The molecule has 19 heavy (non-hydrogen) atoms. The molecule has 1 heterocycles. The first-order chi connectivity index (χ1) is 9.06. The van der Waals surface area contributed by atoms with Crippen molar-refractivity contribution in [3.63, 3.8) is 0 Å². The second kappa shape index (κ2) is 5.99. The molecule has 0 saturated heterocycles. The maximum atomic E-state index is 11.8. The van der Waals surface area contributed by atoms with E-state index in [0.717, 1.165) is 10.9 Å². The van der Waals surface area contributed by atoms with Gasteiger partial charge in [-0.1, -0.05) is 17.7 Å². The summed E-state index contributed by atoms with van der Waals surface area (Å²) in [7, 11) is 0. The average molecular weight is 278 g/mol. The fraction of sp³-hybridized carbons (Fsp3) is 0.286. The van der Waals surface area contributed by atoms with Gasteiger partial charge in [-0.2, -0.15) is 0 Å². The van der Waals surface area contributed by atoms with Gasteiger partial charge in [0.1, 0.15) is 0 Å². The Morgan fingerprint density at radius 3 is 3.05 bits per heavy atom. The number of amides is 1. The summed E-state index contributed by atoms with van der Waals surface area (Å²) >= 11 is 6.04. The molecule has 0 aliphatic rings. The SMILES string of the molecule is CC(N)CCC(=O)Nc1cc(Cl)cc2cccnc12. The molecule has 4 nitrogen and oxygen atoms in total. The predicted octanol–water partition coefficient (Wildman–Crippen LogP) is 2.95. The Morgan fingerprint density at radius 1 is 1.53 bits per heavy atom. The van der Waals surface area contributed by atoms with Gasteiger partial charge in [0.2, 0.25) is 5.91 Å². The number of anilines is 1. The summed E-state index contributed by atoms with van der Waals surface area (Å²) in [5.74, 6) is -0.0773. The minimum Gasteiger partial charge on any atom is -0.328 e. The maximum Gasteiger partial charge on any atom is 0.224 e. The third-order valence-corrected chi connectivity index (χ3v) is 2.99. The molecule has 0 aliphatic carbocycles. The number of rotatable bonds is 4. The van der Waals surface area contributed by atoms with Gasteiger partial charge in [0.05, 0.1) is 11.2 Å². The zero-order valence-electron chi connectivity index (χ0n) is 10.7. The molecule has 0 saturated carbocycles. The highest BCUT2D eigenvalue weighted by atomic mass is 35.5. The van der Waals surface area contributed by atoms with Gasteiger partial charge >= 0.3 is 0 Å². The number of pyridine rings is 1. The van der Waals surface area contributed by atoms with E-state index in [1.54, 1.807) is 12.3 Å². The van der Waals surface area contributed by atoms with E-state index in [9.17, 15) is 4.79 Å². The molecule has 0 aliphatic heterocycles. The van der Waals surface area contributed by atoms with Gasteiger partial charge < -0.3 is 11.1 Å². The number of hydrogen-bond acceptors (Lipinski definition) is 3. The number of nitrogens with one attached hydrogen (secondary N) is 1. The lowest BCUT2D eigenvalue weighted by Crippen LogP contribution is -2.19. The summed E-state index contributed by atoms with van der Waals surface area (Å²) in [6.45, 7) is 1.88. The fourth-order valence-corrected chi connectivity index (χ4v) is 2.05.